The molecule has 1 fully saturated rings. The molecule has 0 unspecified atom stereocenters. The lowest BCUT2D eigenvalue weighted by molar-refractivity contribution is 0.0951. The number of ether oxygens (including phenoxy) is 1. The van der Waals surface area contributed by atoms with Crippen molar-refractivity contribution in [1.29, 1.82) is 0 Å². The van der Waals surface area contributed by atoms with Crippen LogP contribution in [0.5, 0.6) is 0 Å². The second kappa shape index (κ2) is 7.79. The Bertz CT molecular complexity index is 579. The van der Waals surface area contributed by atoms with E-state index in [1.54, 1.807) is 36.1 Å². The molecular formula is C15H18ClN3O3. The first-order valence-corrected chi connectivity index (χ1v) is 7.51. The summed E-state index contributed by atoms with van der Waals surface area (Å²) in [7, 11) is 0. The normalized spacial score (nSPS) is 14.5. The van der Waals surface area contributed by atoms with Crippen molar-refractivity contribution in [2.45, 2.75) is 19.8 Å². The Hall–Kier alpha value is -2.08. The van der Waals surface area contributed by atoms with E-state index in [-0.39, 0.29) is 12.0 Å². The van der Waals surface area contributed by atoms with E-state index in [9.17, 15) is 9.59 Å². The number of carbonyl (C=O) groups is 2. The molecule has 0 atom stereocenters. The molecule has 1 aromatic carbocycles. The van der Waals surface area contributed by atoms with Crippen LogP contribution < -0.4 is 5.43 Å². The van der Waals surface area contributed by atoms with Crippen molar-refractivity contribution in [3.05, 3.63) is 34.9 Å². The highest BCUT2D eigenvalue weighted by Gasteiger charge is 2.20. The van der Waals surface area contributed by atoms with Gasteiger partial charge in [-0.1, -0.05) is 17.7 Å². The zero-order valence-corrected chi connectivity index (χ0v) is 13.1. The molecular weight excluding hydrogens is 306 g/mol. The molecule has 1 aliphatic rings. The number of nitrogens with one attached hydrogen (secondary N) is 1. The monoisotopic (exact) mass is 323 g/mol. The van der Waals surface area contributed by atoms with Crippen LogP contribution in [0.2, 0.25) is 5.02 Å². The Morgan fingerprint density at radius 2 is 2.09 bits per heavy atom. The van der Waals surface area contributed by atoms with Crippen molar-refractivity contribution in [3.8, 4) is 0 Å². The fraction of sp³-hybridized carbons (Fsp3) is 0.400. The van der Waals surface area contributed by atoms with Crippen LogP contribution in [-0.2, 0) is 4.74 Å². The highest BCUT2D eigenvalue weighted by Crippen LogP contribution is 2.11. The van der Waals surface area contributed by atoms with Crippen LogP contribution in [0.25, 0.3) is 0 Å². The van der Waals surface area contributed by atoms with E-state index in [0.29, 0.717) is 43.1 Å². The highest BCUT2D eigenvalue weighted by molar-refractivity contribution is 6.30. The van der Waals surface area contributed by atoms with Crippen molar-refractivity contribution in [2.75, 3.05) is 19.7 Å². The van der Waals surface area contributed by atoms with Gasteiger partial charge in [0.25, 0.3) is 5.91 Å². The van der Waals surface area contributed by atoms with Gasteiger partial charge in [0.1, 0.15) is 0 Å². The van der Waals surface area contributed by atoms with Crippen LogP contribution in [0, 0.1) is 0 Å². The molecule has 1 N–H and O–H groups in total. The molecule has 1 aromatic rings. The third-order valence-corrected chi connectivity index (χ3v) is 3.50. The Morgan fingerprint density at radius 3 is 2.73 bits per heavy atom. The summed E-state index contributed by atoms with van der Waals surface area (Å²) in [5, 5.41) is 4.63. The first-order valence-electron chi connectivity index (χ1n) is 7.13. The lowest BCUT2D eigenvalue weighted by Gasteiger charge is -2.26. The van der Waals surface area contributed by atoms with E-state index in [0.717, 1.165) is 5.71 Å². The van der Waals surface area contributed by atoms with E-state index >= 15 is 0 Å². The number of carbonyl (C=O) groups excluding carboxylic acids is 2. The number of rotatable bonds is 3. The molecule has 1 saturated heterocycles. The quantitative estimate of drug-likeness (QED) is 0.869. The summed E-state index contributed by atoms with van der Waals surface area (Å²) >= 11 is 5.84. The van der Waals surface area contributed by atoms with E-state index in [2.05, 4.69) is 10.5 Å². The number of hydrazone groups is 1. The molecule has 0 aromatic heterocycles. The average Bonchev–Trinajstić information content (AvgIpc) is 2.53. The van der Waals surface area contributed by atoms with Gasteiger partial charge in [0.15, 0.2) is 0 Å². The van der Waals surface area contributed by atoms with Crippen LogP contribution in [-0.4, -0.2) is 42.3 Å². The predicted molar refractivity (Wildman–Crippen MR) is 84.2 cm³/mol. The summed E-state index contributed by atoms with van der Waals surface area (Å²) in [6.07, 6.45) is 0.938. The molecule has 0 radical (unpaired) electrons. The molecule has 0 spiro atoms. The Morgan fingerprint density at radius 1 is 1.36 bits per heavy atom. The van der Waals surface area contributed by atoms with E-state index < -0.39 is 0 Å². The van der Waals surface area contributed by atoms with Crippen molar-refractivity contribution < 1.29 is 14.3 Å². The molecule has 0 saturated carbocycles. The van der Waals surface area contributed by atoms with E-state index in [4.69, 9.17) is 16.3 Å². The number of hydrogen-bond donors (Lipinski definition) is 1. The predicted octanol–water partition coefficient (Wildman–Crippen LogP) is 2.68. The van der Waals surface area contributed by atoms with Crippen LogP contribution in [0.1, 0.15) is 30.1 Å². The Balaban J connectivity index is 1.85. The van der Waals surface area contributed by atoms with Crippen molar-refractivity contribution >= 4 is 29.3 Å². The molecule has 1 aliphatic heterocycles. The number of nitrogens with zero attached hydrogens (tertiary/aromatic N) is 2. The molecule has 6 nitrogen and oxygen atoms in total. The van der Waals surface area contributed by atoms with Crippen molar-refractivity contribution in [3.63, 3.8) is 0 Å². The van der Waals surface area contributed by atoms with Gasteiger partial charge in [-0.2, -0.15) is 5.10 Å². The van der Waals surface area contributed by atoms with Gasteiger partial charge in [0.05, 0.1) is 6.61 Å². The fourth-order valence-electron chi connectivity index (χ4n) is 2.10. The third kappa shape index (κ3) is 4.46. The summed E-state index contributed by atoms with van der Waals surface area (Å²) in [5.41, 5.74) is 3.84. The second-order valence-corrected chi connectivity index (χ2v) is 5.25. The maximum atomic E-state index is 11.9. The zero-order chi connectivity index (χ0) is 15.9. The molecule has 0 aliphatic carbocycles. The van der Waals surface area contributed by atoms with Crippen molar-refractivity contribution in [2.24, 2.45) is 5.10 Å². The summed E-state index contributed by atoms with van der Waals surface area (Å²) in [4.78, 5) is 25.1. The standard InChI is InChI=1S/C15H18ClN3O3/c1-2-22-15(21)19-8-6-13(7-9-19)17-18-14(20)11-4-3-5-12(16)10-11/h3-5,10H,2,6-9H2,1H3,(H,18,20). The van der Waals surface area contributed by atoms with Gasteiger partial charge in [0, 0.05) is 42.2 Å². The first-order chi connectivity index (χ1) is 10.6. The lowest BCUT2D eigenvalue weighted by Crippen LogP contribution is -2.39. The summed E-state index contributed by atoms with van der Waals surface area (Å²) in [6, 6.07) is 6.67. The molecule has 7 heteroatoms. The number of likely N-dealkylation sites (tertiary alicyclic amines) is 1. The molecule has 22 heavy (non-hydrogen) atoms. The van der Waals surface area contributed by atoms with Gasteiger partial charge >= 0.3 is 6.09 Å². The summed E-state index contributed by atoms with van der Waals surface area (Å²) < 4.78 is 4.95. The minimum Gasteiger partial charge on any atom is -0.450 e. The Kier molecular flexibility index (Phi) is 5.77. The van der Waals surface area contributed by atoms with E-state index in [1.165, 1.54) is 0 Å². The van der Waals surface area contributed by atoms with Crippen LogP contribution >= 0.6 is 11.6 Å². The number of halogens is 1. The highest BCUT2D eigenvalue weighted by atomic mass is 35.5. The lowest BCUT2D eigenvalue weighted by atomic mass is 10.1. The number of piperidine rings is 1. The van der Waals surface area contributed by atoms with Gasteiger partial charge < -0.3 is 9.64 Å². The molecule has 2 amide bonds. The number of amides is 2. The van der Waals surface area contributed by atoms with Gasteiger partial charge in [-0.05, 0) is 25.1 Å². The largest absolute Gasteiger partial charge is 0.450 e. The minimum absolute atomic E-state index is 0.301. The second-order valence-electron chi connectivity index (χ2n) is 4.82. The molecule has 118 valence electrons. The van der Waals surface area contributed by atoms with Crippen molar-refractivity contribution in [1.82, 2.24) is 10.3 Å². The summed E-state index contributed by atoms with van der Waals surface area (Å²) in [5.74, 6) is -0.303. The molecule has 2 rings (SSSR count). The number of hydrogen-bond acceptors (Lipinski definition) is 4. The molecule has 1 heterocycles. The third-order valence-electron chi connectivity index (χ3n) is 3.27. The van der Waals surface area contributed by atoms with Crippen LogP contribution in [0.3, 0.4) is 0 Å². The SMILES string of the molecule is CCOC(=O)N1CCC(=NNC(=O)c2cccc(Cl)c2)CC1. The smallest absolute Gasteiger partial charge is 0.409 e. The minimum atomic E-state index is -0.303. The first kappa shape index (κ1) is 16.3. The summed E-state index contributed by atoms with van der Waals surface area (Å²) in [6.45, 7) is 3.24. The zero-order valence-electron chi connectivity index (χ0n) is 12.3. The van der Waals surface area contributed by atoms with Gasteiger partial charge in [0.2, 0.25) is 0 Å². The Labute approximate surface area is 134 Å². The average molecular weight is 324 g/mol. The molecule has 0 bridgehead atoms. The van der Waals surface area contributed by atoms with Gasteiger partial charge in [-0.3, -0.25) is 4.79 Å². The fourth-order valence-corrected chi connectivity index (χ4v) is 2.29. The maximum Gasteiger partial charge on any atom is 0.409 e. The van der Waals surface area contributed by atoms with Gasteiger partial charge in [-0.15, -0.1) is 0 Å². The van der Waals surface area contributed by atoms with E-state index in [1.807, 2.05) is 0 Å². The number of benzene rings is 1. The van der Waals surface area contributed by atoms with Crippen LogP contribution in [0.4, 0.5) is 4.79 Å². The van der Waals surface area contributed by atoms with Crippen LogP contribution in [0.15, 0.2) is 29.4 Å². The maximum absolute atomic E-state index is 11.9. The van der Waals surface area contributed by atoms with Gasteiger partial charge in [-0.25, -0.2) is 10.2 Å². The topological polar surface area (TPSA) is 71.0 Å².